The van der Waals surface area contributed by atoms with Crippen molar-refractivity contribution in [2.75, 3.05) is 0 Å². The lowest BCUT2D eigenvalue weighted by atomic mass is 10.0. The molecule has 5 heteroatoms. The summed E-state index contributed by atoms with van der Waals surface area (Å²) < 4.78 is 5.46. The number of para-hydroxylation sites is 1. The third-order valence-electron chi connectivity index (χ3n) is 2.66. The summed E-state index contributed by atoms with van der Waals surface area (Å²) in [5, 5.41) is 11.2. The van der Waals surface area contributed by atoms with Gasteiger partial charge in [0.05, 0.1) is 16.9 Å². The van der Waals surface area contributed by atoms with E-state index in [0.29, 0.717) is 11.8 Å². The minimum atomic E-state index is -1.63. The Bertz CT molecular complexity index is 536. The van der Waals surface area contributed by atoms with Gasteiger partial charge in [-0.15, -0.1) is 0 Å². The summed E-state index contributed by atoms with van der Waals surface area (Å²) in [6, 6.07) is 6.43. The number of nitrogens with zero attached hydrogens (tertiary/aromatic N) is 1. The van der Waals surface area contributed by atoms with E-state index in [0.717, 1.165) is 0 Å². The number of hydrogen-bond donors (Lipinski definition) is 0. The van der Waals surface area contributed by atoms with Gasteiger partial charge in [-0.25, -0.2) is 0 Å². The van der Waals surface area contributed by atoms with Gasteiger partial charge in [0.1, 0.15) is 5.75 Å². The molecule has 0 fully saturated rings. The van der Waals surface area contributed by atoms with Gasteiger partial charge < -0.3 is 4.74 Å². The number of carbonyl (C=O) groups excluding carboxylic acids is 1. The van der Waals surface area contributed by atoms with Gasteiger partial charge in [0.15, 0.2) is 6.29 Å². The fourth-order valence-electron chi connectivity index (χ4n) is 1.70. The number of benzene rings is 1. The molecule has 0 aliphatic heterocycles. The van der Waals surface area contributed by atoms with E-state index in [1.54, 1.807) is 42.5 Å². The molecule has 1 atom stereocenters. The van der Waals surface area contributed by atoms with E-state index in [-0.39, 0.29) is 12.2 Å². The van der Waals surface area contributed by atoms with Crippen molar-refractivity contribution in [3.8, 4) is 5.75 Å². The first-order valence-electron chi connectivity index (χ1n) is 5.40. The van der Waals surface area contributed by atoms with E-state index < -0.39 is 10.6 Å². The molecule has 0 saturated heterocycles. The second kappa shape index (κ2) is 4.83. The summed E-state index contributed by atoms with van der Waals surface area (Å²) >= 11 is 0. The topological polar surface area (TPSA) is 69.4 Å². The summed E-state index contributed by atoms with van der Waals surface area (Å²) in [5.74, 6) is 0.212. The zero-order valence-electron chi connectivity index (χ0n) is 9.48. The summed E-state index contributed by atoms with van der Waals surface area (Å²) in [4.78, 5) is 21.6. The normalized spacial score (nSPS) is 21.6. The first kappa shape index (κ1) is 12.0. The van der Waals surface area contributed by atoms with Crippen LogP contribution in [0.15, 0.2) is 48.6 Å². The number of hydrogen-bond acceptors (Lipinski definition) is 4. The van der Waals surface area contributed by atoms with Crippen LogP contribution in [0, 0.1) is 10.1 Å². The SMILES string of the molecule is O=Cc1ccccc1OC1([N+](=O)[O-])C=CC=CC1. The third-order valence-corrected chi connectivity index (χ3v) is 2.66. The first-order chi connectivity index (χ1) is 8.68. The first-order valence-corrected chi connectivity index (χ1v) is 5.40. The van der Waals surface area contributed by atoms with Gasteiger partial charge in [-0.05, 0) is 12.1 Å². The number of carbonyl (C=O) groups is 1. The zero-order chi connectivity index (χ0) is 13.0. The smallest absolute Gasteiger partial charge is 0.386 e. The standard InChI is InChI=1S/C13H11NO4/c15-10-11-6-2-3-7-12(11)18-13(14(16)17)8-4-1-5-9-13/h1-8,10H,9H2. The van der Waals surface area contributed by atoms with E-state index in [2.05, 4.69) is 0 Å². The van der Waals surface area contributed by atoms with E-state index in [1.807, 2.05) is 0 Å². The summed E-state index contributed by atoms with van der Waals surface area (Å²) in [7, 11) is 0. The number of aldehydes is 1. The van der Waals surface area contributed by atoms with Crippen molar-refractivity contribution < 1.29 is 14.5 Å². The molecule has 0 radical (unpaired) electrons. The Morgan fingerprint density at radius 3 is 2.72 bits per heavy atom. The Morgan fingerprint density at radius 1 is 1.33 bits per heavy atom. The number of nitro groups is 1. The van der Waals surface area contributed by atoms with Gasteiger partial charge in [0, 0.05) is 6.08 Å². The van der Waals surface area contributed by atoms with Gasteiger partial charge >= 0.3 is 5.72 Å². The lowest BCUT2D eigenvalue weighted by Gasteiger charge is -2.23. The molecule has 0 bridgehead atoms. The quantitative estimate of drug-likeness (QED) is 0.353. The van der Waals surface area contributed by atoms with Crippen molar-refractivity contribution in [2.45, 2.75) is 12.1 Å². The van der Waals surface area contributed by atoms with Crippen molar-refractivity contribution in [2.24, 2.45) is 0 Å². The van der Waals surface area contributed by atoms with Gasteiger partial charge in [-0.1, -0.05) is 30.4 Å². The molecule has 0 amide bonds. The summed E-state index contributed by atoms with van der Waals surface area (Å²) in [5.41, 5.74) is -1.34. The molecule has 0 saturated carbocycles. The largest absolute Gasteiger partial charge is 0.424 e. The molecule has 1 aliphatic carbocycles. The monoisotopic (exact) mass is 245 g/mol. The second-order valence-corrected chi connectivity index (χ2v) is 3.85. The van der Waals surface area contributed by atoms with Gasteiger partial charge in [-0.2, -0.15) is 0 Å². The highest BCUT2D eigenvalue weighted by Crippen LogP contribution is 2.28. The van der Waals surface area contributed by atoms with Crippen molar-refractivity contribution in [1.82, 2.24) is 0 Å². The van der Waals surface area contributed by atoms with Crippen LogP contribution in [0.1, 0.15) is 16.8 Å². The molecule has 92 valence electrons. The molecular weight excluding hydrogens is 234 g/mol. The number of rotatable bonds is 4. The molecule has 0 aromatic heterocycles. The average molecular weight is 245 g/mol. The summed E-state index contributed by atoms with van der Waals surface area (Å²) in [6.07, 6.45) is 7.07. The van der Waals surface area contributed by atoms with Gasteiger partial charge in [0.25, 0.3) is 0 Å². The van der Waals surface area contributed by atoms with Crippen LogP contribution in [-0.4, -0.2) is 16.9 Å². The van der Waals surface area contributed by atoms with Gasteiger partial charge in [-0.3, -0.25) is 14.9 Å². The van der Waals surface area contributed by atoms with Crippen LogP contribution in [0.5, 0.6) is 5.75 Å². The molecule has 1 aromatic rings. The fourth-order valence-corrected chi connectivity index (χ4v) is 1.70. The van der Waals surface area contributed by atoms with Crippen molar-refractivity contribution >= 4 is 6.29 Å². The van der Waals surface area contributed by atoms with Crippen LogP contribution < -0.4 is 4.74 Å². The van der Waals surface area contributed by atoms with E-state index >= 15 is 0 Å². The molecule has 5 nitrogen and oxygen atoms in total. The van der Waals surface area contributed by atoms with Crippen LogP contribution in [0.25, 0.3) is 0 Å². The van der Waals surface area contributed by atoms with Crippen LogP contribution in [0.4, 0.5) is 0 Å². The highest BCUT2D eigenvalue weighted by Gasteiger charge is 2.43. The minimum absolute atomic E-state index is 0.129. The van der Waals surface area contributed by atoms with Crippen LogP contribution in [-0.2, 0) is 0 Å². The van der Waals surface area contributed by atoms with E-state index in [1.165, 1.54) is 6.08 Å². The van der Waals surface area contributed by atoms with Crippen LogP contribution in [0.2, 0.25) is 0 Å². The Morgan fingerprint density at radius 2 is 2.11 bits per heavy atom. The Kier molecular flexibility index (Phi) is 3.23. The van der Waals surface area contributed by atoms with Gasteiger partial charge in [0.2, 0.25) is 0 Å². The van der Waals surface area contributed by atoms with Crippen LogP contribution in [0.3, 0.4) is 0 Å². The molecule has 2 rings (SSSR count). The molecule has 0 spiro atoms. The molecule has 18 heavy (non-hydrogen) atoms. The van der Waals surface area contributed by atoms with E-state index in [4.69, 9.17) is 4.74 Å². The minimum Gasteiger partial charge on any atom is -0.424 e. The lowest BCUT2D eigenvalue weighted by Crippen LogP contribution is -2.42. The zero-order valence-corrected chi connectivity index (χ0v) is 9.48. The number of ether oxygens (including phenoxy) is 1. The highest BCUT2D eigenvalue weighted by molar-refractivity contribution is 5.79. The maximum Gasteiger partial charge on any atom is 0.386 e. The molecule has 1 aromatic carbocycles. The predicted molar refractivity (Wildman–Crippen MR) is 65.1 cm³/mol. The number of allylic oxidation sites excluding steroid dienone is 2. The molecule has 1 aliphatic rings. The maximum absolute atomic E-state index is 11.2. The van der Waals surface area contributed by atoms with Crippen molar-refractivity contribution in [3.63, 3.8) is 0 Å². The summed E-state index contributed by atoms with van der Waals surface area (Å²) in [6.45, 7) is 0. The lowest BCUT2D eigenvalue weighted by molar-refractivity contribution is -0.598. The Hall–Kier alpha value is -2.43. The molecule has 1 unspecified atom stereocenters. The molecule has 0 N–H and O–H groups in total. The maximum atomic E-state index is 11.2. The van der Waals surface area contributed by atoms with Crippen molar-refractivity contribution in [1.29, 1.82) is 0 Å². The van der Waals surface area contributed by atoms with Crippen LogP contribution >= 0.6 is 0 Å². The Labute approximate surface area is 104 Å². The molecular formula is C13H11NO4. The highest BCUT2D eigenvalue weighted by atomic mass is 16.7. The third kappa shape index (κ3) is 2.15. The average Bonchev–Trinajstić information content (AvgIpc) is 2.40. The fraction of sp³-hybridized carbons (Fsp3) is 0.154. The van der Waals surface area contributed by atoms with E-state index in [9.17, 15) is 14.9 Å². The second-order valence-electron chi connectivity index (χ2n) is 3.85. The Balaban J connectivity index is 2.35. The van der Waals surface area contributed by atoms with Crippen molar-refractivity contribution in [3.05, 3.63) is 64.2 Å². The molecule has 0 heterocycles. The predicted octanol–water partition coefficient (Wildman–Crippen LogP) is 2.37.